The van der Waals surface area contributed by atoms with Crippen LogP contribution in [-0.2, 0) is 0 Å². The molecular weight excluding hydrogens is 309 g/mol. The lowest BCUT2D eigenvalue weighted by molar-refractivity contribution is -0.122. The average Bonchev–Trinajstić information content (AvgIpc) is 2.38. The monoisotopic (exact) mass is 320 g/mol. The van der Waals surface area contributed by atoms with Crippen LogP contribution in [0, 0.1) is 11.8 Å². The molecule has 1 rings (SSSR count). The van der Waals surface area contributed by atoms with E-state index in [4.69, 9.17) is 16.7 Å². The van der Waals surface area contributed by atoms with Gasteiger partial charge in [-0.05, 0) is 18.2 Å². The molecule has 0 aliphatic rings. The van der Waals surface area contributed by atoms with E-state index in [9.17, 15) is 18.0 Å². The second-order valence-electron chi connectivity index (χ2n) is 3.89. The van der Waals surface area contributed by atoms with Crippen LogP contribution in [0.5, 0.6) is 0 Å². The van der Waals surface area contributed by atoms with E-state index in [0.29, 0.717) is 10.6 Å². The van der Waals surface area contributed by atoms with Crippen molar-refractivity contribution >= 4 is 23.3 Å². The smallest absolute Gasteiger partial charge is 0.395 e. The molecule has 21 heavy (non-hydrogen) atoms. The first-order valence-corrected chi connectivity index (χ1v) is 6.20. The molecule has 0 aliphatic heterocycles. The Morgan fingerprint density at radius 3 is 2.71 bits per heavy atom. The summed E-state index contributed by atoms with van der Waals surface area (Å²) < 4.78 is 36.0. The lowest BCUT2D eigenvalue weighted by Gasteiger charge is -2.11. The highest BCUT2D eigenvalue weighted by Crippen LogP contribution is 2.20. The molecule has 4 nitrogen and oxygen atoms in total. The second kappa shape index (κ2) is 7.76. The van der Waals surface area contributed by atoms with Crippen LogP contribution in [0.1, 0.15) is 12.0 Å². The van der Waals surface area contributed by atoms with Crippen molar-refractivity contribution in [3.63, 3.8) is 0 Å². The van der Waals surface area contributed by atoms with Gasteiger partial charge in [0.25, 0.3) is 0 Å². The lowest BCUT2D eigenvalue weighted by atomic mass is 10.2. The molecule has 0 spiro atoms. The standard InChI is InChI=1S/C13H12ClF3N2O2/c14-10-5-4-9(3-1-2-6-20)11(7-10)19-12(21)18-8-13(15,16)17/h4-5,7,20H,2,6,8H2,(H2,18,19,21). The first-order chi connectivity index (χ1) is 9.81. The Morgan fingerprint density at radius 1 is 1.38 bits per heavy atom. The van der Waals surface area contributed by atoms with Crippen LogP contribution < -0.4 is 10.6 Å². The lowest BCUT2D eigenvalue weighted by Crippen LogP contribution is -2.36. The van der Waals surface area contributed by atoms with Gasteiger partial charge in [0, 0.05) is 17.0 Å². The van der Waals surface area contributed by atoms with Gasteiger partial charge in [0.15, 0.2) is 0 Å². The highest BCUT2D eigenvalue weighted by Gasteiger charge is 2.27. The van der Waals surface area contributed by atoms with E-state index >= 15 is 0 Å². The summed E-state index contributed by atoms with van der Waals surface area (Å²) in [6.45, 7) is -1.56. The predicted octanol–water partition coefficient (Wildman–Crippen LogP) is 2.76. The van der Waals surface area contributed by atoms with Crippen molar-refractivity contribution in [1.29, 1.82) is 0 Å². The van der Waals surface area contributed by atoms with Gasteiger partial charge in [0.05, 0.1) is 12.3 Å². The quantitative estimate of drug-likeness (QED) is 0.750. The third kappa shape index (κ3) is 6.88. The van der Waals surface area contributed by atoms with E-state index < -0.39 is 18.8 Å². The Balaban J connectivity index is 2.79. The Bertz CT molecular complexity index is 565. The van der Waals surface area contributed by atoms with Gasteiger partial charge in [0.2, 0.25) is 0 Å². The van der Waals surface area contributed by atoms with Crippen LogP contribution in [0.4, 0.5) is 23.7 Å². The van der Waals surface area contributed by atoms with Crippen LogP contribution in [0.3, 0.4) is 0 Å². The summed E-state index contributed by atoms with van der Waals surface area (Å²) in [4.78, 5) is 11.4. The second-order valence-corrected chi connectivity index (χ2v) is 4.32. The van der Waals surface area contributed by atoms with Crippen LogP contribution in [0.15, 0.2) is 18.2 Å². The Labute approximate surface area is 124 Å². The van der Waals surface area contributed by atoms with Gasteiger partial charge >= 0.3 is 12.2 Å². The van der Waals surface area contributed by atoms with Crippen LogP contribution in [0.25, 0.3) is 0 Å². The van der Waals surface area contributed by atoms with Gasteiger partial charge in [-0.1, -0.05) is 23.4 Å². The van der Waals surface area contributed by atoms with Crippen molar-refractivity contribution in [1.82, 2.24) is 5.32 Å². The van der Waals surface area contributed by atoms with Gasteiger partial charge in [-0.3, -0.25) is 0 Å². The number of aliphatic hydroxyl groups excluding tert-OH is 1. The van der Waals surface area contributed by atoms with Crippen molar-refractivity contribution in [2.24, 2.45) is 0 Å². The first kappa shape index (κ1) is 17.1. The van der Waals surface area contributed by atoms with Gasteiger partial charge in [0.1, 0.15) is 6.54 Å². The Kier molecular flexibility index (Phi) is 6.34. The minimum Gasteiger partial charge on any atom is -0.395 e. The summed E-state index contributed by atoms with van der Waals surface area (Å²) in [6, 6.07) is 3.41. The number of rotatable bonds is 3. The number of benzene rings is 1. The maximum Gasteiger partial charge on any atom is 0.405 e. The van der Waals surface area contributed by atoms with E-state index in [2.05, 4.69) is 17.2 Å². The molecule has 114 valence electrons. The zero-order chi connectivity index (χ0) is 15.9. The summed E-state index contributed by atoms with van der Waals surface area (Å²) in [5, 5.41) is 12.9. The number of aliphatic hydroxyl groups is 1. The predicted molar refractivity (Wildman–Crippen MR) is 73.1 cm³/mol. The molecule has 0 bridgehead atoms. The SMILES string of the molecule is O=C(NCC(F)(F)F)Nc1cc(Cl)ccc1C#CCCO. The number of urea groups is 1. The van der Waals surface area contributed by atoms with E-state index in [1.165, 1.54) is 18.2 Å². The number of alkyl halides is 3. The van der Waals surface area contributed by atoms with Gasteiger partial charge < -0.3 is 15.7 Å². The van der Waals surface area contributed by atoms with Crippen LogP contribution in [0.2, 0.25) is 5.02 Å². The van der Waals surface area contributed by atoms with Crippen molar-refractivity contribution in [2.75, 3.05) is 18.5 Å². The van der Waals surface area contributed by atoms with E-state index in [-0.39, 0.29) is 18.7 Å². The van der Waals surface area contributed by atoms with Gasteiger partial charge in [-0.15, -0.1) is 0 Å². The number of hydrogen-bond donors (Lipinski definition) is 3. The first-order valence-electron chi connectivity index (χ1n) is 5.82. The number of anilines is 1. The van der Waals surface area contributed by atoms with Crippen LogP contribution in [-0.4, -0.2) is 30.5 Å². The molecule has 0 fully saturated rings. The molecule has 0 radical (unpaired) electrons. The maximum atomic E-state index is 12.0. The molecule has 0 aliphatic carbocycles. The summed E-state index contributed by atoms with van der Waals surface area (Å²) in [7, 11) is 0. The van der Waals surface area contributed by atoms with E-state index in [1.54, 1.807) is 5.32 Å². The minimum atomic E-state index is -4.49. The maximum absolute atomic E-state index is 12.0. The highest BCUT2D eigenvalue weighted by molar-refractivity contribution is 6.31. The molecule has 3 N–H and O–H groups in total. The zero-order valence-corrected chi connectivity index (χ0v) is 11.5. The third-order valence-corrected chi connectivity index (χ3v) is 2.37. The molecule has 0 heterocycles. The largest absolute Gasteiger partial charge is 0.405 e. The Hall–Kier alpha value is -1.91. The highest BCUT2D eigenvalue weighted by atomic mass is 35.5. The number of carbonyl (C=O) groups is 1. The minimum absolute atomic E-state index is 0.116. The molecule has 1 aromatic carbocycles. The zero-order valence-electron chi connectivity index (χ0n) is 10.7. The van der Waals surface area contributed by atoms with Crippen molar-refractivity contribution in [3.8, 4) is 11.8 Å². The Morgan fingerprint density at radius 2 is 2.10 bits per heavy atom. The molecule has 1 aromatic rings. The molecular formula is C13H12ClF3N2O2. The molecule has 0 aromatic heterocycles. The number of nitrogens with one attached hydrogen (secondary N) is 2. The molecule has 0 atom stereocenters. The summed E-state index contributed by atoms with van der Waals surface area (Å²) in [5.41, 5.74) is 0.572. The fraction of sp³-hybridized carbons (Fsp3) is 0.308. The van der Waals surface area contributed by atoms with Crippen molar-refractivity contribution < 1.29 is 23.1 Å². The summed E-state index contributed by atoms with van der Waals surface area (Å²) in [5.74, 6) is 5.33. The molecule has 8 heteroatoms. The number of carbonyl (C=O) groups excluding carboxylic acids is 1. The molecule has 0 saturated carbocycles. The third-order valence-electron chi connectivity index (χ3n) is 2.14. The van der Waals surface area contributed by atoms with Crippen molar-refractivity contribution in [3.05, 3.63) is 28.8 Å². The average molecular weight is 321 g/mol. The summed E-state index contributed by atoms with van der Waals surface area (Å²) in [6.07, 6.45) is -4.25. The molecule has 0 unspecified atom stereocenters. The number of amides is 2. The fourth-order valence-electron chi connectivity index (χ4n) is 1.29. The van der Waals surface area contributed by atoms with Gasteiger partial charge in [-0.2, -0.15) is 13.2 Å². The number of hydrogen-bond acceptors (Lipinski definition) is 2. The van der Waals surface area contributed by atoms with Gasteiger partial charge in [-0.25, -0.2) is 4.79 Å². The molecule has 2 amide bonds. The summed E-state index contributed by atoms with van der Waals surface area (Å²) >= 11 is 5.77. The van der Waals surface area contributed by atoms with E-state index in [0.717, 1.165) is 0 Å². The number of halogens is 4. The molecule has 0 saturated heterocycles. The van der Waals surface area contributed by atoms with Crippen LogP contribution >= 0.6 is 11.6 Å². The van der Waals surface area contributed by atoms with Crippen molar-refractivity contribution in [2.45, 2.75) is 12.6 Å². The topological polar surface area (TPSA) is 61.4 Å². The van der Waals surface area contributed by atoms with E-state index in [1.807, 2.05) is 0 Å². The fourth-order valence-corrected chi connectivity index (χ4v) is 1.46. The normalized spacial score (nSPS) is 10.5.